The molecule has 1 aromatic heterocycles. The molecule has 4 nitrogen and oxygen atoms in total. The molecule has 3 rings (SSSR count). The summed E-state index contributed by atoms with van der Waals surface area (Å²) in [6.45, 7) is 4.19. The summed E-state index contributed by atoms with van der Waals surface area (Å²) in [6, 6.07) is 10.9. The van der Waals surface area contributed by atoms with E-state index in [0.29, 0.717) is 6.04 Å². The van der Waals surface area contributed by atoms with E-state index < -0.39 is 0 Å². The van der Waals surface area contributed by atoms with Crippen LogP contribution in [0.3, 0.4) is 0 Å². The smallest absolute Gasteiger partial charge is 0.150 e. The second-order valence-corrected chi connectivity index (χ2v) is 5.03. The summed E-state index contributed by atoms with van der Waals surface area (Å²) < 4.78 is 2.30. The molecule has 19 heavy (non-hydrogen) atoms. The molecule has 4 heteroatoms. The number of aryl methyl sites for hydroxylation is 2. The van der Waals surface area contributed by atoms with Gasteiger partial charge in [0.05, 0.1) is 6.04 Å². The third-order valence-corrected chi connectivity index (χ3v) is 3.78. The number of fused-ring (bicyclic) bond motifs is 1. The molecule has 1 aliphatic rings. The van der Waals surface area contributed by atoms with Crippen molar-refractivity contribution in [2.45, 2.75) is 38.8 Å². The van der Waals surface area contributed by atoms with Gasteiger partial charge in [0, 0.05) is 19.5 Å². The minimum absolute atomic E-state index is 0.367. The first-order valence-electron chi connectivity index (χ1n) is 7.07. The maximum absolute atomic E-state index is 4.38. The SMILES string of the molecule is CCC1NCCn2c(CCc3ccccc3)nnc21. The van der Waals surface area contributed by atoms with Gasteiger partial charge in [-0.1, -0.05) is 37.3 Å². The van der Waals surface area contributed by atoms with Crippen molar-refractivity contribution in [1.82, 2.24) is 20.1 Å². The summed E-state index contributed by atoms with van der Waals surface area (Å²) in [7, 11) is 0. The Balaban J connectivity index is 1.74. The Bertz CT molecular complexity index is 532. The lowest BCUT2D eigenvalue weighted by atomic mass is 10.1. The van der Waals surface area contributed by atoms with Crippen LogP contribution in [0, 0.1) is 0 Å². The molecule has 1 unspecified atom stereocenters. The molecular weight excluding hydrogens is 236 g/mol. The lowest BCUT2D eigenvalue weighted by molar-refractivity contribution is 0.400. The average Bonchev–Trinajstić information content (AvgIpc) is 2.89. The normalized spacial score (nSPS) is 18.3. The summed E-state index contributed by atoms with van der Waals surface area (Å²) in [4.78, 5) is 0. The van der Waals surface area contributed by atoms with E-state index in [-0.39, 0.29) is 0 Å². The molecule has 1 aromatic carbocycles. The van der Waals surface area contributed by atoms with Crippen molar-refractivity contribution in [3.05, 3.63) is 47.5 Å². The predicted molar refractivity (Wildman–Crippen MR) is 74.9 cm³/mol. The largest absolute Gasteiger partial charge is 0.312 e. The Morgan fingerprint density at radius 2 is 2.05 bits per heavy atom. The molecule has 0 radical (unpaired) electrons. The summed E-state index contributed by atoms with van der Waals surface area (Å²) in [5.41, 5.74) is 1.36. The molecule has 1 N–H and O–H groups in total. The predicted octanol–water partition coefficient (Wildman–Crippen LogP) is 2.12. The van der Waals surface area contributed by atoms with Crippen LogP contribution in [0.2, 0.25) is 0 Å². The maximum Gasteiger partial charge on any atom is 0.150 e. The van der Waals surface area contributed by atoms with E-state index in [9.17, 15) is 0 Å². The molecule has 0 amide bonds. The zero-order valence-electron chi connectivity index (χ0n) is 11.3. The number of hydrogen-bond acceptors (Lipinski definition) is 3. The van der Waals surface area contributed by atoms with Crippen molar-refractivity contribution in [2.24, 2.45) is 0 Å². The fourth-order valence-corrected chi connectivity index (χ4v) is 2.71. The van der Waals surface area contributed by atoms with Gasteiger partial charge in [0.25, 0.3) is 0 Å². The van der Waals surface area contributed by atoms with Crippen LogP contribution in [0.1, 0.15) is 36.6 Å². The van der Waals surface area contributed by atoms with Crippen molar-refractivity contribution in [3.8, 4) is 0 Å². The van der Waals surface area contributed by atoms with Gasteiger partial charge < -0.3 is 9.88 Å². The monoisotopic (exact) mass is 256 g/mol. The third-order valence-electron chi connectivity index (χ3n) is 3.78. The lowest BCUT2D eigenvalue weighted by Gasteiger charge is -2.24. The number of aromatic nitrogens is 3. The third kappa shape index (κ3) is 2.54. The van der Waals surface area contributed by atoms with Crippen LogP contribution in [0.15, 0.2) is 30.3 Å². The van der Waals surface area contributed by atoms with Crippen molar-refractivity contribution in [3.63, 3.8) is 0 Å². The first kappa shape index (κ1) is 12.4. The highest BCUT2D eigenvalue weighted by atomic mass is 15.3. The first-order valence-corrected chi connectivity index (χ1v) is 7.07. The Kier molecular flexibility index (Phi) is 3.60. The van der Waals surface area contributed by atoms with Crippen LogP contribution >= 0.6 is 0 Å². The zero-order valence-corrected chi connectivity index (χ0v) is 11.3. The Labute approximate surface area is 113 Å². The van der Waals surface area contributed by atoms with E-state index in [4.69, 9.17) is 0 Å². The van der Waals surface area contributed by atoms with Crippen molar-refractivity contribution in [1.29, 1.82) is 0 Å². The van der Waals surface area contributed by atoms with Gasteiger partial charge in [0.2, 0.25) is 0 Å². The van der Waals surface area contributed by atoms with Gasteiger partial charge in [-0.05, 0) is 18.4 Å². The molecule has 2 heterocycles. The van der Waals surface area contributed by atoms with Gasteiger partial charge >= 0.3 is 0 Å². The fourth-order valence-electron chi connectivity index (χ4n) is 2.71. The highest BCUT2D eigenvalue weighted by molar-refractivity contribution is 5.16. The molecule has 0 saturated carbocycles. The molecule has 2 aromatic rings. The minimum Gasteiger partial charge on any atom is -0.312 e. The van der Waals surface area contributed by atoms with E-state index in [1.54, 1.807) is 0 Å². The van der Waals surface area contributed by atoms with Gasteiger partial charge in [-0.2, -0.15) is 0 Å². The molecule has 1 atom stereocenters. The van der Waals surface area contributed by atoms with Crippen LogP contribution in [-0.2, 0) is 19.4 Å². The Morgan fingerprint density at radius 1 is 1.21 bits per heavy atom. The van der Waals surface area contributed by atoms with E-state index in [2.05, 4.69) is 57.3 Å². The Hall–Kier alpha value is -1.68. The molecule has 0 fully saturated rings. The number of rotatable bonds is 4. The Morgan fingerprint density at radius 3 is 2.84 bits per heavy atom. The van der Waals surface area contributed by atoms with E-state index in [1.165, 1.54) is 5.56 Å². The molecule has 0 spiro atoms. The molecule has 1 aliphatic heterocycles. The molecular formula is C15H20N4. The van der Waals surface area contributed by atoms with Gasteiger partial charge in [-0.3, -0.25) is 0 Å². The van der Waals surface area contributed by atoms with Crippen molar-refractivity contribution in [2.75, 3.05) is 6.54 Å². The molecule has 0 aliphatic carbocycles. The van der Waals surface area contributed by atoms with Gasteiger partial charge in [0.15, 0.2) is 0 Å². The maximum atomic E-state index is 4.38. The van der Waals surface area contributed by atoms with E-state index >= 15 is 0 Å². The van der Waals surface area contributed by atoms with Crippen LogP contribution in [0.25, 0.3) is 0 Å². The number of benzene rings is 1. The standard InChI is InChI=1S/C15H20N4/c1-2-13-15-18-17-14(19(15)11-10-16-13)9-8-12-6-4-3-5-7-12/h3-7,13,16H,2,8-11H2,1H3. The van der Waals surface area contributed by atoms with Crippen molar-refractivity contribution < 1.29 is 0 Å². The number of hydrogen-bond donors (Lipinski definition) is 1. The number of nitrogens with one attached hydrogen (secondary N) is 1. The quantitative estimate of drug-likeness (QED) is 0.911. The second kappa shape index (κ2) is 5.53. The summed E-state index contributed by atoms with van der Waals surface area (Å²) in [5, 5.41) is 12.2. The minimum atomic E-state index is 0.367. The highest BCUT2D eigenvalue weighted by Crippen LogP contribution is 2.19. The lowest BCUT2D eigenvalue weighted by Crippen LogP contribution is -2.34. The van der Waals surface area contributed by atoms with Gasteiger partial charge in [0.1, 0.15) is 11.6 Å². The van der Waals surface area contributed by atoms with Crippen LogP contribution in [-0.4, -0.2) is 21.3 Å². The average molecular weight is 256 g/mol. The highest BCUT2D eigenvalue weighted by Gasteiger charge is 2.22. The van der Waals surface area contributed by atoms with Crippen LogP contribution < -0.4 is 5.32 Å². The van der Waals surface area contributed by atoms with E-state index in [0.717, 1.165) is 44.0 Å². The summed E-state index contributed by atoms with van der Waals surface area (Å²) in [5.74, 6) is 2.23. The zero-order chi connectivity index (χ0) is 13.1. The van der Waals surface area contributed by atoms with Crippen LogP contribution in [0.5, 0.6) is 0 Å². The van der Waals surface area contributed by atoms with E-state index in [1.807, 2.05) is 0 Å². The van der Waals surface area contributed by atoms with Gasteiger partial charge in [-0.25, -0.2) is 0 Å². The van der Waals surface area contributed by atoms with Crippen LogP contribution in [0.4, 0.5) is 0 Å². The summed E-state index contributed by atoms with van der Waals surface area (Å²) >= 11 is 0. The summed E-state index contributed by atoms with van der Waals surface area (Å²) in [6.07, 6.45) is 3.06. The second-order valence-electron chi connectivity index (χ2n) is 5.03. The number of nitrogens with zero attached hydrogens (tertiary/aromatic N) is 3. The van der Waals surface area contributed by atoms with Gasteiger partial charge in [-0.15, -0.1) is 10.2 Å². The topological polar surface area (TPSA) is 42.7 Å². The molecule has 0 bridgehead atoms. The molecule has 100 valence electrons. The van der Waals surface area contributed by atoms with Crippen molar-refractivity contribution >= 4 is 0 Å². The molecule has 0 saturated heterocycles. The fraction of sp³-hybridized carbons (Fsp3) is 0.467. The first-order chi connectivity index (χ1) is 9.38.